The van der Waals surface area contributed by atoms with Crippen LogP contribution in [0.4, 0.5) is 5.82 Å². The quantitative estimate of drug-likeness (QED) is 0.873. The predicted molar refractivity (Wildman–Crippen MR) is 58.7 cm³/mol. The zero-order valence-electron chi connectivity index (χ0n) is 7.27. The number of thiophene rings is 1. The van der Waals surface area contributed by atoms with E-state index in [1.807, 2.05) is 23.6 Å². The van der Waals surface area contributed by atoms with Gasteiger partial charge in [-0.25, -0.2) is 0 Å². The Morgan fingerprint density at radius 2 is 2.36 bits per heavy atom. The van der Waals surface area contributed by atoms with Gasteiger partial charge < -0.3 is 5.32 Å². The van der Waals surface area contributed by atoms with Gasteiger partial charge in [-0.2, -0.15) is 5.10 Å². The molecule has 0 atom stereocenters. The molecule has 0 radical (unpaired) electrons. The van der Waals surface area contributed by atoms with Crippen molar-refractivity contribution in [2.45, 2.75) is 6.54 Å². The van der Waals surface area contributed by atoms with Crippen molar-refractivity contribution in [1.82, 2.24) is 10.2 Å². The van der Waals surface area contributed by atoms with Crippen molar-refractivity contribution in [2.24, 2.45) is 0 Å². The van der Waals surface area contributed by atoms with Gasteiger partial charge in [0.1, 0.15) is 5.82 Å². The van der Waals surface area contributed by atoms with Crippen molar-refractivity contribution in [3.8, 4) is 0 Å². The summed E-state index contributed by atoms with van der Waals surface area (Å²) in [7, 11) is 0. The molecule has 0 unspecified atom stereocenters. The van der Waals surface area contributed by atoms with Crippen LogP contribution < -0.4 is 5.32 Å². The average Bonchev–Trinajstić information content (AvgIpc) is 2.63. The molecule has 0 bridgehead atoms. The van der Waals surface area contributed by atoms with Gasteiger partial charge in [0.25, 0.3) is 0 Å². The molecular weight excluding hydrogens is 218 g/mol. The molecule has 3 nitrogen and oxygen atoms in total. The van der Waals surface area contributed by atoms with E-state index in [-0.39, 0.29) is 0 Å². The van der Waals surface area contributed by atoms with Crippen molar-refractivity contribution in [1.29, 1.82) is 0 Å². The number of nitrogens with zero attached hydrogens (tertiary/aromatic N) is 2. The third kappa shape index (κ3) is 2.21. The summed E-state index contributed by atoms with van der Waals surface area (Å²) < 4.78 is 0.821. The number of aromatic nitrogens is 2. The first-order valence-corrected chi connectivity index (χ1v) is 5.35. The highest BCUT2D eigenvalue weighted by atomic mass is 35.5. The summed E-state index contributed by atoms with van der Waals surface area (Å²) in [6.45, 7) is 0.682. The lowest BCUT2D eigenvalue weighted by molar-refractivity contribution is 1.00. The highest BCUT2D eigenvalue weighted by Gasteiger charge is 2.00. The maximum absolute atomic E-state index is 5.95. The second-order valence-electron chi connectivity index (χ2n) is 2.68. The van der Waals surface area contributed by atoms with E-state index in [1.54, 1.807) is 6.20 Å². The van der Waals surface area contributed by atoms with E-state index in [0.717, 1.165) is 15.7 Å². The van der Waals surface area contributed by atoms with E-state index in [0.29, 0.717) is 6.54 Å². The molecule has 0 aliphatic rings. The van der Waals surface area contributed by atoms with E-state index in [4.69, 9.17) is 11.6 Å². The summed E-state index contributed by atoms with van der Waals surface area (Å²) in [4.78, 5) is 0. The first kappa shape index (κ1) is 9.43. The van der Waals surface area contributed by atoms with Crippen LogP contribution in [-0.4, -0.2) is 10.2 Å². The van der Waals surface area contributed by atoms with Crippen LogP contribution in [0.25, 0.3) is 0 Å². The normalized spacial score (nSPS) is 10.1. The first-order chi connectivity index (χ1) is 6.86. The lowest BCUT2D eigenvalue weighted by Crippen LogP contribution is -2.00. The monoisotopic (exact) mass is 225 g/mol. The fourth-order valence-electron chi connectivity index (χ4n) is 1.03. The van der Waals surface area contributed by atoms with Gasteiger partial charge in [0.2, 0.25) is 0 Å². The Bertz CT molecular complexity index is 401. The Hall–Kier alpha value is -1.13. The number of anilines is 1. The Kier molecular flexibility index (Phi) is 2.96. The molecule has 2 aromatic heterocycles. The summed E-state index contributed by atoms with van der Waals surface area (Å²) in [5, 5.41) is 12.8. The molecule has 0 saturated carbocycles. The van der Waals surface area contributed by atoms with E-state index in [1.165, 1.54) is 11.3 Å². The maximum atomic E-state index is 5.95. The topological polar surface area (TPSA) is 37.8 Å². The van der Waals surface area contributed by atoms with Gasteiger partial charge in [0.15, 0.2) is 0 Å². The summed E-state index contributed by atoms with van der Waals surface area (Å²) in [5.41, 5.74) is 1.09. The zero-order chi connectivity index (χ0) is 9.80. The van der Waals surface area contributed by atoms with Crippen molar-refractivity contribution in [2.75, 3.05) is 5.32 Å². The third-order valence-electron chi connectivity index (χ3n) is 1.73. The molecule has 2 rings (SSSR count). The molecule has 0 saturated heterocycles. The Morgan fingerprint density at radius 1 is 1.43 bits per heavy atom. The minimum Gasteiger partial charge on any atom is -0.364 e. The molecule has 0 spiro atoms. The van der Waals surface area contributed by atoms with Gasteiger partial charge in [0, 0.05) is 18.3 Å². The van der Waals surface area contributed by atoms with Crippen molar-refractivity contribution >= 4 is 28.8 Å². The molecular formula is C9H8ClN3S. The Balaban J connectivity index is 1.99. The van der Waals surface area contributed by atoms with Crippen LogP contribution in [0.15, 0.2) is 29.8 Å². The fourth-order valence-corrected chi connectivity index (χ4v) is 1.95. The Labute approximate surface area is 90.8 Å². The van der Waals surface area contributed by atoms with Crippen LogP contribution in [0.5, 0.6) is 0 Å². The number of hydrogen-bond donors (Lipinski definition) is 1. The SMILES string of the molecule is Clc1sccc1CNc1cccnn1. The number of nitrogens with one attached hydrogen (secondary N) is 1. The van der Waals surface area contributed by atoms with Gasteiger partial charge in [-0.05, 0) is 23.6 Å². The molecule has 0 aliphatic carbocycles. The standard InChI is InChI=1S/C9H8ClN3S/c10-9-7(3-5-14-9)6-11-8-2-1-4-12-13-8/h1-5H,6H2,(H,11,13). The number of hydrogen-bond acceptors (Lipinski definition) is 4. The first-order valence-electron chi connectivity index (χ1n) is 4.10. The fraction of sp³-hybridized carbons (Fsp3) is 0.111. The highest BCUT2D eigenvalue weighted by molar-refractivity contribution is 7.14. The molecule has 5 heteroatoms. The second-order valence-corrected chi connectivity index (χ2v) is 4.20. The lowest BCUT2D eigenvalue weighted by Gasteiger charge is -2.02. The van der Waals surface area contributed by atoms with Crippen LogP contribution in [-0.2, 0) is 6.54 Å². The molecule has 2 heterocycles. The van der Waals surface area contributed by atoms with Crippen LogP contribution in [0, 0.1) is 0 Å². The second kappa shape index (κ2) is 4.39. The largest absolute Gasteiger partial charge is 0.364 e. The summed E-state index contributed by atoms with van der Waals surface area (Å²) in [6, 6.07) is 5.70. The summed E-state index contributed by atoms with van der Waals surface area (Å²) >= 11 is 7.48. The summed E-state index contributed by atoms with van der Waals surface area (Å²) in [5.74, 6) is 0.759. The van der Waals surface area contributed by atoms with Gasteiger partial charge >= 0.3 is 0 Å². The molecule has 0 fully saturated rings. The van der Waals surface area contributed by atoms with Gasteiger partial charge in [-0.3, -0.25) is 0 Å². The molecule has 0 aromatic carbocycles. The molecule has 1 N–H and O–H groups in total. The van der Waals surface area contributed by atoms with E-state index in [9.17, 15) is 0 Å². The van der Waals surface area contributed by atoms with Gasteiger partial charge in [0.05, 0.1) is 4.34 Å². The zero-order valence-corrected chi connectivity index (χ0v) is 8.85. The van der Waals surface area contributed by atoms with Gasteiger partial charge in [-0.1, -0.05) is 11.6 Å². The predicted octanol–water partition coefficient (Wildman–Crippen LogP) is 2.80. The van der Waals surface area contributed by atoms with Crippen molar-refractivity contribution in [3.05, 3.63) is 39.7 Å². The Morgan fingerprint density at radius 3 is 3.00 bits per heavy atom. The van der Waals surface area contributed by atoms with E-state index < -0.39 is 0 Å². The highest BCUT2D eigenvalue weighted by Crippen LogP contribution is 2.23. The minimum atomic E-state index is 0.682. The van der Waals surface area contributed by atoms with Gasteiger partial charge in [-0.15, -0.1) is 16.4 Å². The van der Waals surface area contributed by atoms with Crippen LogP contribution in [0.1, 0.15) is 5.56 Å². The molecule has 0 aliphatic heterocycles. The van der Waals surface area contributed by atoms with E-state index >= 15 is 0 Å². The van der Waals surface area contributed by atoms with Crippen molar-refractivity contribution < 1.29 is 0 Å². The van der Waals surface area contributed by atoms with E-state index in [2.05, 4.69) is 15.5 Å². The third-order valence-corrected chi connectivity index (χ3v) is 2.98. The molecule has 0 amide bonds. The van der Waals surface area contributed by atoms with Crippen molar-refractivity contribution in [3.63, 3.8) is 0 Å². The van der Waals surface area contributed by atoms with Crippen LogP contribution >= 0.6 is 22.9 Å². The van der Waals surface area contributed by atoms with Crippen LogP contribution in [0.3, 0.4) is 0 Å². The van der Waals surface area contributed by atoms with Crippen LogP contribution in [0.2, 0.25) is 4.34 Å². The summed E-state index contributed by atoms with van der Waals surface area (Å²) in [6.07, 6.45) is 1.64. The molecule has 14 heavy (non-hydrogen) atoms. The maximum Gasteiger partial charge on any atom is 0.148 e. The average molecular weight is 226 g/mol. The minimum absolute atomic E-state index is 0.682. The number of rotatable bonds is 3. The smallest absolute Gasteiger partial charge is 0.148 e. The molecule has 72 valence electrons. The lowest BCUT2D eigenvalue weighted by atomic mass is 10.3. The molecule has 2 aromatic rings. The number of halogens is 1.